The Hall–Kier alpha value is -1.27. The molecule has 1 aromatic carbocycles. The van der Waals surface area contributed by atoms with Crippen molar-refractivity contribution >= 4 is 22.0 Å². The van der Waals surface area contributed by atoms with Crippen molar-refractivity contribution in [1.29, 1.82) is 0 Å². The van der Waals surface area contributed by atoms with Gasteiger partial charge in [-0.3, -0.25) is 0 Å². The number of hydrogen-bond donors (Lipinski definition) is 1. The molecule has 0 bridgehead atoms. The van der Waals surface area contributed by atoms with Crippen LogP contribution < -0.4 is 0 Å². The zero-order chi connectivity index (χ0) is 16.3. The highest BCUT2D eigenvalue weighted by atomic mass is 79.9. The van der Waals surface area contributed by atoms with Gasteiger partial charge in [-0.25, -0.2) is 4.79 Å². The lowest BCUT2D eigenvalue weighted by molar-refractivity contribution is -0.0415. The predicted molar refractivity (Wildman–Crippen MR) is 87.1 cm³/mol. The van der Waals surface area contributed by atoms with E-state index in [-0.39, 0.29) is 17.9 Å². The van der Waals surface area contributed by atoms with Gasteiger partial charge < -0.3 is 19.5 Å². The number of benzene rings is 1. The van der Waals surface area contributed by atoms with Gasteiger partial charge in [0.05, 0.1) is 23.7 Å². The number of carbonyl (C=O) groups is 1. The fraction of sp³-hybridized carbons (Fsp3) is 0.562. The summed E-state index contributed by atoms with van der Waals surface area (Å²) in [4.78, 5) is 13.8. The van der Waals surface area contributed by atoms with Crippen molar-refractivity contribution in [2.24, 2.45) is 0 Å². The van der Waals surface area contributed by atoms with Crippen LogP contribution in [0.25, 0.3) is 0 Å². The van der Waals surface area contributed by atoms with E-state index >= 15 is 0 Å². The second kappa shape index (κ2) is 6.87. The summed E-state index contributed by atoms with van der Waals surface area (Å²) >= 11 is 3.30. The van der Waals surface area contributed by atoms with Gasteiger partial charge in [0.2, 0.25) is 0 Å². The molecule has 0 saturated carbocycles. The number of phenols is 1. The van der Waals surface area contributed by atoms with Crippen LogP contribution in [-0.4, -0.2) is 47.5 Å². The van der Waals surface area contributed by atoms with Crippen LogP contribution in [0.5, 0.6) is 5.75 Å². The Kier molecular flexibility index (Phi) is 5.34. The van der Waals surface area contributed by atoms with E-state index in [1.54, 1.807) is 11.0 Å². The van der Waals surface area contributed by atoms with Crippen molar-refractivity contribution < 1.29 is 19.4 Å². The molecule has 22 heavy (non-hydrogen) atoms. The molecule has 1 heterocycles. The van der Waals surface area contributed by atoms with Crippen molar-refractivity contribution in [3.8, 4) is 5.75 Å². The second-order valence-corrected chi connectivity index (χ2v) is 7.26. The maximum Gasteiger partial charge on any atom is 0.410 e. The maximum absolute atomic E-state index is 12.1. The van der Waals surface area contributed by atoms with Crippen molar-refractivity contribution in [2.75, 3.05) is 19.7 Å². The van der Waals surface area contributed by atoms with Gasteiger partial charge in [0.15, 0.2) is 0 Å². The van der Waals surface area contributed by atoms with E-state index in [0.29, 0.717) is 30.6 Å². The monoisotopic (exact) mass is 371 g/mol. The molecule has 1 amide bonds. The summed E-state index contributed by atoms with van der Waals surface area (Å²) in [5.74, 6) is 0.212. The van der Waals surface area contributed by atoms with Crippen LogP contribution in [0.4, 0.5) is 4.79 Å². The molecule has 1 aromatic rings. The van der Waals surface area contributed by atoms with Gasteiger partial charge in [0.25, 0.3) is 0 Å². The van der Waals surface area contributed by atoms with Crippen LogP contribution in [-0.2, 0) is 15.9 Å². The molecule has 0 spiro atoms. The van der Waals surface area contributed by atoms with Crippen molar-refractivity contribution in [3.63, 3.8) is 0 Å². The number of aromatic hydroxyl groups is 1. The number of hydrogen-bond acceptors (Lipinski definition) is 4. The molecule has 1 aliphatic rings. The fourth-order valence-corrected chi connectivity index (χ4v) is 2.70. The number of rotatable bonds is 2. The summed E-state index contributed by atoms with van der Waals surface area (Å²) in [6.07, 6.45) is 0.309. The Bertz CT molecular complexity index is 541. The summed E-state index contributed by atoms with van der Waals surface area (Å²) in [6.45, 7) is 7.13. The summed E-state index contributed by atoms with van der Waals surface area (Å²) in [5, 5.41) is 9.52. The van der Waals surface area contributed by atoms with Crippen LogP contribution in [0.2, 0.25) is 0 Å². The standard InChI is InChI=1S/C16H22BrNO4/c1-16(2,3)22-15(20)18-6-7-21-12(10-18)8-11-4-5-14(19)13(17)9-11/h4-5,9,12,19H,6-8,10H2,1-3H3. The second-order valence-electron chi connectivity index (χ2n) is 6.41. The summed E-state index contributed by atoms with van der Waals surface area (Å²) in [5.41, 5.74) is 0.549. The van der Waals surface area contributed by atoms with Crippen LogP contribution in [0.15, 0.2) is 22.7 Å². The summed E-state index contributed by atoms with van der Waals surface area (Å²) in [7, 11) is 0. The van der Waals surface area contributed by atoms with Crippen LogP contribution in [0.1, 0.15) is 26.3 Å². The fourth-order valence-electron chi connectivity index (χ4n) is 2.28. The number of morpholine rings is 1. The Morgan fingerprint density at radius 2 is 2.23 bits per heavy atom. The van der Waals surface area contributed by atoms with Crippen molar-refractivity contribution in [1.82, 2.24) is 4.90 Å². The molecule has 1 aliphatic heterocycles. The topological polar surface area (TPSA) is 59.0 Å². The van der Waals surface area contributed by atoms with Gasteiger partial charge in [-0.15, -0.1) is 0 Å². The first-order valence-corrected chi connectivity index (χ1v) is 8.11. The van der Waals surface area contributed by atoms with Gasteiger partial charge in [0, 0.05) is 13.0 Å². The molecule has 1 atom stereocenters. The molecule has 2 rings (SSSR count). The smallest absolute Gasteiger partial charge is 0.410 e. The minimum Gasteiger partial charge on any atom is -0.507 e. The quantitative estimate of drug-likeness (QED) is 0.865. The summed E-state index contributed by atoms with van der Waals surface area (Å²) < 4.78 is 11.8. The zero-order valence-electron chi connectivity index (χ0n) is 13.1. The molecular weight excluding hydrogens is 350 g/mol. The number of carbonyl (C=O) groups excluding carboxylic acids is 1. The van der Waals surface area contributed by atoms with Gasteiger partial charge in [-0.2, -0.15) is 0 Å². The van der Waals surface area contributed by atoms with E-state index in [9.17, 15) is 9.90 Å². The lowest BCUT2D eigenvalue weighted by Gasteiger charge is -2.34. The first kappa shape index (κ1) is 17.1. The number of halogens is 1. The highest BCUT2D eigenvalue weighted by Crippen LogP contribution is 2.25. The van der Waals surface area contributed by atoms with Crippen LogP contribution in [0.3, 0.4) is 0 Å². The normalized spacial score (nSPS) is 19.1. The first-order valence-electron chi connectivity index (χ1n) is 7.31. The first-order chi connectivity index (χ1) is 10.2. The molecule has 122 valence electrons. The van der Waals surface area contributed by atoms with Gasteiger partial charge >= 0.3 is 6.09 Å². The lowest BCUT2D eigenvalue weighted by Crippen LogP contribution is -2.48. The van der Waals surface area contributed by atoms with E-state index in [1.807, 2.05) is 32.9 Å². The Labute approximate surface area is 139 Å². The third kappa shape index (κ3) is 4.88. The molecule has 1 fully saturated rings. The van der Waals surface area contributed by atoms with E-state index < -0.39 is 5.60 Å². The van der Waals surface area contributed by atoms with Gasteiger partial charge in [-0.1, -0.05) is 6.07 Å². The molecule has 0 radical (unpaired) electrons. The molecule has 1 saturated heterocycles. The number of amides is 1. The number of phenolic OH excluding ortho intramolecular Hbond substituents is 1. The van der Waals surface area contributed by atoms with E-state index in [0.717, 1.165) is 5.56 Å². The molecule has 0 aliphatic carbocycles. The van der Waals surface area contributed by atoms with E-state index in [1.165, 1.54) is 0 Å². The minimum atomic E-state index is -0.493. The average Bonchev–Trinajstić information content (AvgIpc) is 2.41. The minimum absolute atomic E-state index is 0.0716. The van der Waals surface area contributed by atoms with Crippen molar-refractivity contribution in [2.45, 2.75) is 38.9 Å². The SMILES string of the molecule is CC(C)(C)OC(=O)N1CCOC(Cc2ccc(O)c(Br)c2)C1. The molecule has 1 N–H and O–H groups in total. The third-order valence-electron chi connectivity index (χ3n) is 3.27. The molecule has 1 unspecified atom stereocenters. The van der Waals surface area contributed by atoms with Gasteiger partial charge in [-0.05, 0) is 54.4 Å². The van der Waals surface area contributed by atoms with Crippen molar-refractivity contribution in [3.05, 3.63) is 28.2 Å². The van der Waals surface area contributed by atoms with Gasteiger partial charge in [0.1, 0.15) is 11.4 Å². The Morgan fingerprint density at radius 3 is 2.86 bits per heavy atom. The Morgan fingerprint density at radius 1 is 1.50 bits per heavy atom. The average molecular weight is 372 g/mol. The van der Waals surface area contributed by atoms with Crippen LogP contribution in [0, 0.1) is 0 Å². The highest BCUT2D eigenvalue weighted by molar-refractivity contribution is 9.10. The molecule has 0 aromatic heterocycles. The number of ether oxygens (including phenoxy) is 2. The highest BCUT2D eigenvalue weighted by Gasteiger charge is 2.28. The number of nitrogens with zero attached hydrogens (tertiary/aromatic N) is 1. The Balaban J connectivity index is 1.95. The van der Waals surface area contributed by atoms with Crippen LogP contribution >= 0.6 is 15.9 Å². The third-order valence-corrected chi connectivity index (χ3v) is 3.90. The largest absolute Gasteiger partial charge is 0.507 e. The predicted octanol–water partition coefficient (Wildman–Crippen LogP) is 3.33. The molecule has 5 nitrogen and oxygen atoms in total. The van der Waals surface area contributed by atoms with E-state index in [2.05, 4.69) is 15.9 Å². The molecule has 6 heteroatoms. The molecular formula is C16H22BrNO4. The van der Waals surface area contributed by atoms with E-state index in [4.69, 9.17) is 9.47 Å². The summed E-state index contributed by atoms with van der Waals surface area (Å²) in [6, 6.07) is 5.37. The maximum atomic E-state index is 12.1. The lowest BCUT2D eigenvalue weighted by atomic mass is 10.1. The zero-order valence-corrected chi connectivity index (χ0v) is 14.7.